The molecule has 2 aliphatic heterocycles. The van der Waals surface area contributed by atoms with Crippen molar-refractivity contribution in [2.45, 2.75) is 12.8 Å². The summed E-state index contributed by atoms with van der Waals surface area (Å²) in [6.45, 7) is 4.63. The number of hydrogen-bond acceptors (Lipinski definition) is 4. The number of carbonyl (C=O) groups is 1. The number of nitrogens with one attached hydrogen (secondary N) is 3. The van der Waals surface area contributed by atoms with Gasteiger partial charge in [-0.1, -0.05) is 24.8 Å². The maximum atomic E-state index is 12.6. The van der Waals surface area contributed by atoms with Crippen molar-refractivity contribution in [1.29, 1.82) is 0 Å². The number of aromatic nitrogens is 4. The van der Waals surface area contributed by atoms with Crippen molar-refractivity contribution in [3.63, 3.8) is 0 Å². The number of hydrogen-bond donors (Lipinski definition) is 3. The predicted molar refractivity (Wildman–Crippen MR) is 211 cm³/mol. The molecule has 0 atom stereocenters. The normalized spacial score (nSPS) is 11.1. The lowest BCUT2D eigenvalue weighted by Crippen LogP contribution is -2.15. The number of aromatic amines is 2. The van der Waals surface area contributed by atoms with Crippen LogP contribution in [0.15, 0.2) is 73.3 Å². The number of halogens is 4. The van der Waals surface area contributed by atoms with Gasteiger partial charge in [0.25, 0.3) is 0 Å². The summed E-state index contributed by atoms with van der Waals surface area (Å²) >= 11 is 0. The van der Waals surface area contributed by atoms with E-state index in [1.807, 2.05) is 60.7 Å². The summed E-state index contributed by atoms with van der Waals surface area (Å²) in [5.74, 6) is -0.236. The monoisotopic (exact) mass is 860 g/mol. The van der Waals surface area contributed by atoms with Crippen LogP contribution in [-0.4, -0.2) is 51.4 Å². The topological polar surface area (TPSA) is 89.7 Å². The van der Waals surface area contributed by atoms with Crippen LogP contribution in [-0.2, 0) is 11.2 Å². The van der Waals surface area contributed by atoms with Gasteiger partial charge in [0.15, 0.2) is 0 Å². The molecule has 0 saturated heterocycles. The molecule has 45 heavy (non-hydrogen) atoms. The van der Waals surface area contributed by atoms with Gasteiger partial charge in [-0.2, -0.15) is 0 Å². The summed E-state index contributed by atoms with van der Waals surface area (Å²) < 4.78 is 0. The second-order valence-electron chi connectivity index (χ2n) is 10.5. The van der Waals surface area contributed by atoms with Crippen LogP contribution in [0.5, 0.6) is 0 Å². The van der Waals surface area contributed by atoms with E-state index >= 15 is 0 Å². The van der Waals surface area contributed by atoms with E-state index in [1.54, 1.807) is 0 Å². The number of rotatable bonds is 7. The van der Waals surface area contributed by atoms with E-state index in [4.69, 9.17) is 9.97 Å². The van der Waals surface area contributed by atoms with Gasteiger partial charge in [0.05, 0.1) is 28.5 Å². The molecule has 0 saturated carbocycles. The molecule has 1 amide bonds. The standard InChI is InChI=1S/C34H32N6O.4BrH/c1-4-33(41)39-34-22(8-6-16-40(2)3)7-5-9-30(34)31-20-29-19-27-13-12-25(36-27)17-23-10-11-24(35-23)18-26-14-15-28(37-26)21-32(31)38-29;;;;/h4-5,7,9-15,17-21,35,38H,1,6,8,16H2,2-3H3,(H,39,41);4*1H. The van der Waals surface area contributed by atoms with Crippen molar-refractivity contribution >= 4 is 126 Å². The number of para-hydroxylation sites is 1. The summed E-state index contributed by atoms with van der Waals surface area (Å²) in [6, 6.07) is 20.5. The molecule has 0 aliphatic carbocycles. The molecule has 5 heterocycles. The van der Waals surface area contributed by atoms with Crippen molar-refractivity contribution in [3.8, 4) is 11.1 Å². The van der Waals surface area contributed by atoms with E-state index in [0.29, 0.717) is 0 Å². The van der Waals surface area contributed by atoms with Gasteiger partial charge in [0.2, 0.25) is 5.91 Å². The minimum Gasteiger partial charge on any atom is -0.355 e. The number of anilines is 1. The Balaban J connectivity index is 0.00000176. The van der Waals surface area contributed by atoms with E-state index in [0.717, 1.165) is 86.6 Å². The average Bonchev–Trinajstić information content (AvgIpc) is 3.75. The van der Waals surface area contributed by atoms with Gasteiger partial charge in [-0.3, -0.25) is 4.79 Å². The second-order valence-corrected chi connectivity index (χ2v) is 10.5. The third kappa shape index (κ3) is 9.23. The number of benzene rings is 1. The highest BCUT2D eigenvalue weighted by atomic mass is 79.9. The molecule has 0 fully saturated rings. The Bertz CT molecular complexity index is 1890. The highest BCUT2D eigenvalue weighted by Gasteiger charge is 2.15. The van der Waals surface area contributed by atoms with Crippen LogP contribution < -0.4 is 5.32 Å². The van der Waals surface area contributed by atoms with Crippen LogP contribution in [0.4, 0.5) is 5.69 Å². The minimum atomic E-state index is -0.236. The summed E-state index contributed by atoms with van der Waals surface area (Å²) in [4.78, 5) is 31.4. The summed E-state index contributed by atoms with van der Waals surface area (Å²) in [7, 11) is 4.14. The molecule has 0 spiro atoms. The molecule has 236 valence electrons. The van der Waals surface area contributed by atoms with Crippen LogP contribution in [0.3, 0.4) is 0 Å². The number of nitrogens with zero attached hydrogens (tertiary/aromatic N) is 3. The fraction of sp³-hybridized carbons (Fsp3) is 0.147. The fourth-order valence-electron chi connectivity index (χ4n) is 5.18. The Hall–Kier alpha value is -3.09. The Morgan fingerprint density at radius 1 is 0.778 bits per heavy atom. The van der Waals surface area contributed by atoms with Crippen LogP contribution in [0.25, 0.3) is 57.5 Å². The number of carbonyl (C=O) groups excluding carboxylic acids is 1. The van der Waals surface area contributed by atoms with Crippen LogP contribution in [0, 0.1) is 0 Å². The fourth-order valence-corrected chi connectivity index (χ4v) is 5.18. The van der Waals surface area contributed by atoms with Gasteiger partial charge >= 0.3 is 0 Å². The molecule has 0 radical (unpaired) electrons. The lowest BCUT2D eigenvalue weighted by atomic mass is 9.97. The average molecular weight is 864 g/mol. The molecule has 7 nitrogen and oxygen atoms in total. The van der Waals surface area contributed by atoms with Crippen molar-refractivity contribution in [1.82, 2.24) is 24.8 Å². The van der Waals surface area contributed by atoms with Crippen molar-refractivity contribution in [3.05, 3.63) is 102 Å². The zero-order valence-corrected chi connectivity index (χ0v) is 31.7. The first-order chi connectivity index (χ1) is 19.9. The second kappa shape index (κ2) is 17.0. The number of amides is 1. The maximum Gasteiger partial charge on any atom is 0.247 e. The SMILES string of the molecule is Br.Br.Br.Br.C=CC(=O)Nc1c(CCCN(C)C)cccc1-c1cc2cc3nc(cc4ccc(cc5nc(cc1[nH]2)C=C5)[nH]4)C=C3. The molecule has 3 aromatic heterocycles. The number of aryl methyl sites for hydroxylation is 1. The Kier molecular flexibility index (Phi) is 14.4. The largest absolute Gasteiger partial charge is 0.355 e. The Morgan fingerprint density at radius 3 is 1.93 bits per heavy atom. The van der Waals surface area contributed by atoms with Crippen molar-refractivity contribution in [2.24, 2.45) is 0 Å². The van der Waals surface area contributed by atoms with Gasteiger partial charge in [0, 0.05) is 33.2 Å². The summed E-state index contributed by atoms with van der Waals surface area (Å²) in [5.41, 5.74) is 11.0. The first kappa shape index (κ1) is 38.1. The highest BCUT2D eigenvalue weighted by molar-refractivity contribution is 8.93. The molecule has 2 aliphatic rings. The molecule has 6 rings (SSSR count). The van der Waals surface area contributed by atoms with E-state index in [-0.39, 0.29) is 73.8 Å². The Labute approximate surface area is 305 Å². The van der Waals surface area contributed by atoms with Gasteiger partial charge < -0.3 is 20.2 Å². The molecular weight excluding hydrogens is 828 g/mol. The van der Waals surface area contributed by atoms with Crippen LogP contribution in [0.1, 0.15) is 34.8 Å². The van der Waals surface area contributed by atoms with Crippen molar-refractivity contribution in [2.75, 3.05) is 26.0 Å². The number of H-pyrrole nitrogens is 2. The third-order valence-electron chi connectivity index (χ3n) is 7.09. The minimum absolute atomic E-state index is 0. The molecule has 3 N–H and O–H groups in total. The lowest BCUT2D eigenvalue weighted by Gasteiger charge is -2.16. The molecule has 4 aromatic rings. The van der Waals surface area contributed by atoms with Gasteiger partial charge in [-0.25, -0.2) is 9.97 Å². The molecule has 1 aromatic carbocycles. The zero-order chi connectivity index (χ0) is 28.3. The summed E-state index contributed by atoms with van der Waals surface area (Å²) in [6.07, 6.45) is 11.2. The lowest BCUT2D eigenvalue weighted by molar-refractivity contribution is -0.111. The smallest absolute Gasteiger partial charge is 0.247 e. The molecular formula is C34H36Br4N6O. The third-order valence-corrected chi connectivity index (χ3v) is 7.09. The quantitative estimate of drug-likeness (QED) is 0.140. The Morgan fingerprint density at radius 2 is 1.36 bits per heavy atom. The maximum absolute atomic E-state index is 12.6. The predicted octanol–water partition coefficient (Wildman–Crippen LogP) is 9.25. The molecule has 11 heteroatoms. The van der Waals surface area contributed by atoms with E-state index in [2.05, 4.69) is 65.1 Å². The van der Waals surface area contributed by atoms with Gasteiger partial charge in [0.1, 0.15) is 0 Å². The molecule has 0 unspecified atom stereocenters. The first-order valence-electron chi connectivity index (χ1n) is 13.7. The van der Waals surface area contributed by atoms with E-state index in [1.165, 1.54) is 6.08 Å². The first-order valence-corrected chi connectivity index (χ1v) is 13.7. The number of fused-ring (bicyclic) bond motifs is 8. The summed E-state index contributed by atoms with van der Waals surface area (Å²) in [5, 5.41) is 3.11. The van der Waals surface area contributed by atoms with Gasteiger partial charge in [-0.15, -0.1) is 67.9 Å². The van der Waals surface area contributed by atoms with Crippen LogP contribution >= 0.6 is 67.9 Å². The zero-order valence-electron chi connectivity index (χ0n) is 24.9. The van der Waals surface area contributed by atoms with E-state index in [9.17, 15) is 4.79 Å². The molecule has 8 bridgehead atoms. The van der Waals surface area contributed by atoms with Crippen molar-refractivity contribution < 1.29 is 4.79 Å². The van der Waals surface area contributed by atoms with E-state index < -0.39 is 0 Å². The van der Waals surface area contributed by atoms with Crippen LogP contribution in [0.2, 0.25) is 0 Å². The highest BCUT2D eigenvalue weighted by Crippen LogP contribution is 2.36. The van der Waals surface area contributed by atoms with Gasteiger partial charge in [-0.05, 0) is 112 Å².